The first-order valence-electron chi connectivity index (χ1n) is 7.91. The normalized spacial score (nSPS) is 22.0. The molecule has 2 aliphatic heterocycles. The Balaban J connectivity index is 1.59. The fraction of sp³-hybridized carbons (Fsp3) is 0.222. The zero-order chi connectivity index (χ0) is 17.6. The van der Waals surface area contributed by atoms with E-state index in [2.05, 4.69) is 10.3 Å². The van der Waals surface area contributed by atoms with Gasteiger partial charge in [0.15, 0.2) is 12.1 Å². The molecule has 0 spiro atoms. The Labute approximate surface area is 143 Å². The summed E-state index contributed by atoms with van der Waals surface area (Å²) < 4.78 is 13.0. The molecule has 1 fully saturated rings. The number of imide groups is 1. The Morgan fingerprint density at radius 2 is 1.68 bits per heavy atom. The lowest BCUT2D eigenvalue weighted by molar-refractivity contribution is -0.123. The van der Waals surface area contributed by atoms with E-state index in [1.165, 1.54) is 22.0 Å². The van der Waals surface area contributed by atoms with Crippen molar-refractivity contribution in [2.24, 2.45) is 10.3 Å². The number of halogens is 1. The van der Waals surface area contributed by atoms with Gasteiger partial charge in [-0.2, -0.15) is 5.11 Å². The average molecular weight is 338 g/mol. The first-order chi connectivity index (χ1) is 12.0. The Bertz CT molecular complexity index is 864. The van der Waals surface area contributed by atoms with Crippen LogP contribution in [0.3, 0.4) is 0 Å². The summed E-state index contributed by atoms with van der Waals surface area (Å²) in [5.41, 5.74) is 2.36. The molecule has 0 bridgehead atoms. The van der Waals surface area contributed by atoms with Gasteiger partial charge < -0.3 is 0 Å². The van der Waals surface area contributed by atoms with Crippen molar-refractivity contribution in [3.63, 3.8) is 0 Å². The molecule has 126 valence electrons. The Kier molecular flexibility index (Phi) is 3.56. The topological polar surface area (TPSA) is 65.3 Å². The van der Waals surface area contributed by atoms with Crippen molar-refractivity contribution in [3.05, 3.63) is 65.5 Å². The number of carbonyl (C=O) groups is 2. The molecule has 2 atom stereocenters. The third-order valence-electron chi connectivity index (χ3n) is 4.41. The molecule has 2 aromatic rings. The van der Waals surface area contributed by atoms with Crippen LogP contribution in [-0.2, 0) is 16.1 Å². The lowest BCUT2D eigenvalue weighted by atomic mass is 10.1. The number of rotatable bonds is 3. The van der Waals surface area contributed by atoms with Gasteiger partial charge in [-0.1, -0.05) is 35.1 Å². The summed E-state index contributed by atoms with van der Waals surface area (Å²) in [4.78, 5) is 26.6. The Morgan fingerprint density at radius 1 is 1.00 bits per heavy atom. The highest BCUT2D eigenvalue weighted by atomic mass is 19.1. The van der Waals surface area contributed by atoms with Gasteiger partial charge in [0.05, 0.1) is 12.2 Å². The minimum Gasteiger partial charge on any atom is -0.271 e. The van der Waals surface area contributed by atoms with Crippen molar-refractivity contribution in [1.82, 2.24) is 5.01 Å². The third-order valence-corrected chi connectivity index (χ3v) is 4.41. The standard InChI is InChI=1S/C18H15FN4O2/c1-11-2-8-14(9-3-11)23-17(24)15-16(18(23)25)22(21-20-15)10-12-4-6-13(19)7-5-12/h2-9,15-16H,10H2,1H3/t15-,16+/m0/s1. The van der Waals surface area contributed by atoms with Gasteiger partial charge in [0.2, 0.25) is 0 Å². The molecule has 0 aliphatic carbocycles. The molecule has 7 heteroatoms. The SMILES string of the molecule is Cc1ccc(N2C(=O)[C@H]3N=NN(Cc4ccc(F)cc4)[C@H]3C2=O)cc1. The van der Waals surface area contributed by atoms with Crippen LogP contribution >= 0.6 is 0 Å². The second-order valence-electron chi connectivity index (χ2n) is 6.17. The summed E-state index contributed by atoms with van der Waals surface area (Å²) in [6, 6.07) is 11.5. The van der Waals surface area contributed by atoms with Crippen molar-refractivity contribution in [1.29, 1.82) is 0 Å². The van der Waals surface area contributed by atoms with Gasteiger partial charge >= 0.3 is 0 Å². The summed E-state index contributed by atoms with van der Waals surface area (Å²) >= 11 is 0. The smallest absolute Gasteiger partial charge is 0.263 e. The summed E-state index contributed by atoms with van der Waals surface area (Å²) in [5.74, 6) is -1.04. The predicted molar refractivity (Wildman–Crippen MR) is 88.0 cm³/mol. The quantitative estimate of drug-likeness (QED) is 0.808. The lowest BCUT2D eigenvalue weighted by Gasteiger charge is -2.20. The molecule has 0 radical (unpaired) electrons. The molecular formula is C18H15FN4O2. The minimum absolute atomic E-state index is 0.283. The summed E-state index contributed by atoms with van der Waals surface area (Å²) in [7, 11) is 0. The molecule has 4 rings (SSSR count). The second-order valence-corrected chi connectivity index (χ2v) is 6.17. The van der Waals surface area contributed by atoms with E-state index >= 15 is 0 Å². The van der Waals surface area contributed by atoms with E-state index in [0.717, 1.165) is 11.1 Å². The molecule has 2 aromatic carbocycles. The van der Waals surface area contributed by atoms with Crippen LogP contribution in [0.25, 0.3) is 0 Å². The number of amides is 2. The van der Waals surface area contributed by atoms with E-state index in [9.17, 15) is 14.0 Å². The molecule has 25 heavy (non-hydrogen) atoms. The predicted octanol–water partition coefficient (Wildman–Crippen LogP) is 2.63. The van der Waals surface area contributed by atoms with Gasteiger partial charge in [0, 0.05) is 0 Å². The van der Waals surface area contributed by atoms with Gasteiger partial charge in [-0.15, -0.1) is 0 Å². The number of aryl methyl sites for hydroxylation is 1. The minimum atomic E-state index is -0.825. The first kappa shape index (κ1) is 15.4. The van der Waals surface area contributed by atoms with Crippen LogP contribution in [-0.4, -0.2) is 28.9 Å². The summed E-state index contributed by atoms with van der Waals surface area (Å²) in [5, 5.41) is 9.45. The molecule has 1 saturated heterocycles. The molecule has 0 saturated carbocycles. The monoisotopic (exact) mass is 338 g/mol. The van der Waals surface area contributed by atoms with Crippen molar-refractivity contribution < 1.29 is 14.0 Å². The van der Waals surface area contributed by atoms with Gasteiger partial charge in [-0.05, 0) is 36.8 Å². The largest absolute Gasteiger partial charge is 0.271 e. The van der Waals surface area contributed by atoms with Crippen molar-refractivity contribution in [2.45, 2.75) is 25.6 Å². The highest BCUT2D eigenvalue weighted by molar-refractivity contribution is 6.25. The molecule has 2 aliphatic rings. The molecule has 0 unspecified atom stereocenters. The molecule has 2 amide bonds. The van der Waals surface area contributed by atoms with Crippen LogP contribution in [0.5, 0.6) is 0 Å². The van der Waals surface area contributed by atoms with Crippen LogP contribution in [0, 0.1) is 12.7 Å². The molecular weight excluding hydrogens is 323 g/mol. The first-order valence-corrected chi connectivity index (χ1v) is 7.91. The van der Waals surface area contributed by atoms with E-state index < -0.39 is 12.1 Å². The number of carbonyl (C=O) groups excluding carboxylic acids is 2. The highest BCUT2D eigenvalue weighted by Gasteiger charge is 2.54. The van der Waals surface area contributed by atoms with Crippen LogP contribution in [0.1, 0.15) is 11.1 Å². The van der Waals surface area contributed by atoms with Gasteiger partial charge in [0.25, 0.3) is 11.8 Å². The lowest BCUT2D eigenvalue weighted by Crippen LogP contribution is -2.39. The fourth-order valence-electron chi connectivity index (χ4n) is 3.08. The van der Waals surface area contributed by atoms with Gasteiger partial charge in [-0.25, -0.2) is 9.29 Å². The van der Waals surface area contributed by atoms with Gasteiger partial charge in [0.1, 0.15) is 5.82 Å². The second kappa shape index (κ2) is 5.77. The third kappa shape index (κ3) is 2.57. The average Bonchev–Trinajstić information content (AvgIpc) is 3.12. The number of hydrogen-bond donors (Lipinski definition) is 0. The van der Waals surface area contributed by atoms with E-state index in [1.54, 1.807) is 24.3 Å². The van der Waals surface area contributed by atoms with Crippen molar-refractivity contribution in [2.75, 3.05) is 4.90 Å². The van der Waals surface area contributed by atoms with Gasteiger partial charge in [-0.3, -0.25) is 14.6 Å². The van der Waals surface area contributed by atoms with Crippen LogP contribution in [0.2, 0.25) is 0 Å². The highest BCUT2D eigenvalue weighted by Crippen LogP contribution is 2.32. The van der Waals surface area contributed by atoms with Crippen molar-refractivity contribution in [3.8, 4) is 0 Å². The van der Waals surface area contributed by atoms with E-state index in [1.807, 2.05) is 19.1 Å². The summed E-state index contributed by atoms with van der Waals surface area (Å²) in [6.45, 7) is 2.22. The summed E-state index contributed by atoms with van der Waals surface area (Å²) in [6.07, 6.45) is 0. The maximum Gasteiger partial charge on any atom is 0.263 e. The zero-order valence-corrected chi connectivity index (χ0v) is 13.5. The fourth-order valence-corrected chi connectivity index (χ4v) is 3.08. The Hall–Kier alpha value is -3.09. The Morgan fingerprint density at radius 3 is 2.36 bits per heavy atom. The number of hydrogen-bond acceptors (Lipinski definition) is 5. The maximum absolute atomic E-state index is 13.0. The maximum atomic E-state index is 13.0. The molecule has 0 N–H and O–H groups in total. The van der Waals surface area contributed by atoms with Crippen LogP contribution < -0.4 is 4.90 Å². The number of benzene rings is 2. The van der Waals surface area contributed by atoms with Crippen LogP contribution in [0.4, 0.5) is 10.1 Å². The number of fused-ring (bicyclic) bond motifs is 1. The number of nitrogens with zero attached hydrogens (tertiary/aromatic N) is 4. The number of anilines is 1. The molecule has 0 aromatic heterocycles. The molecule has 6 nitrogen and oxygen atoms in total. The molecule has 2 heterocycles. The van der Waals surface area contributed by atoms with E-state index in [0.29, 0.717) is 5.69 Å². The van der Waals surface area contributed by atoms with Crippen LogP contribution in [0.15, 0.2) is 58.9 Å². The zero-order valence-electron chi connectivity index (χ0n) is 13.5. The van der Waals surface area contributed by atoms with Crippen molar-refractivity contribution >= 4 is 17.5 Å². The van der Waals surface area contributed by atoms with E-state index in [4.69, 9.17) is 0 Å². The van der Waals surface area contributed by atoms with E-state index in [-0.39, 0.29) is 24.2 Å².